The van der Waals surface area contributed by atoms with E-state index in [1.807, 2.05) is 0 Å². The zero-order valence-electron chi connectivity index (χ0n) is 20.9. The van der Waals surface area contributed by atoms with Crippen LogP contribution in [0.15, 0.2) is 66.7 Å². The van der Waals surface area contributed by atoms with Crippen molar-refractivity contribution in [2.45, 2.75) is 13.3 Å². The Bertz CT molecular complexity index is 1560. The maximum absolute atomic E-state index is 13.4. The molecule has 1 heterocycles. The first kappa shape index (κ1) is 26.0. The average molecular weight is 516 g/mol. The number of hydrogen-bond acceptors (Lipinski definition) is 7. The van der Waals surface area contributed by atoms with Gasteiger partial charge in [-0.1, -0.05) is 6.07 Å². The minimum absolute atomic E-state index is 0.0465. The van der Waals surface area contributed by atoms with Crippen molar-refractivity contribution in [3.05, 3.63) is 89.1 Å². The summed E-state index contributed by atoms with van der Waals surface area (Å²) in [6, 6.07) is 15.8. The van der Waals surface area contributed by atoms with Crippen LogP contribution in [0.1, 0.15) is 27.2 Å². The van der Waals surface area contributed by atoms with E-state index in [0.717, 1.165) is 6.08 Å². The zero-order valence-corrected chi connectivity index (χ0v) is 20.9. The van der Waals surface area contributed by atoms with Gasteiger partial charge in [0.15, 0.2) is 11.5 Å². The number of aromatic hydroxyl groups is 1. The molecule has 194 valence electrons. The molecule has 0 amide bonds. The Labute approximate surface area is 218 Å². The number of nitrogens with zero attached hydrogens (tertiary/aromatic N) is 1. The molecule has 0 aliphatic carbocycles. The van der Waals surface area contributed by atoms with Gasteiger partial charge in [-0.15, -0.1) is 0 Å². The molecule has 4 aromatic rings. The Morgan fingerprint density at radius 2 is 1.66 bits per heavy atom. The molecule has 0 spiro atoms. The van der Waals surface area contributed by atoms with E-state index >= 15 is 0 Å². The molecule has 0 aliphatic heterocycles. The van der Waals surface area contributed by atoms with Crippen LogP contribution in [0, 0.1) is 6.92 Å². The Hall–Kier alpha value is -5.05. The second-order valence-corrected chi connectivity index (χ2v) is 8.37. The van der Waals surface area contributed by atoms with Gasteiger partial charge in [-0.3, -0.25) is 14.2 Å². The summed E-state index contributed by atoms with van der Waals surface area (Å²) >= 11 is 0. The van der Waals surface area contributed by atoms with E-state index in [0.29, 0.717) is 39.0 Å². The molecule has 0 unspecified atom stereocenters. The predicted octanol–water partition coefficient (Wildman–Crippen LogP) is 4.61. The third kappa shape index (κ3) is 5.36. The first-order valence-corrected chi connectivity index (χ1v) is 11.5. The minimum Gasteiger partial charge on any atom is -0.508 e. The van der Waals surface area contributed by atoms with Crippen LogP contribution in [-0.2, 0) is 16.0 Å². The van der Waals surface area contributed by atoms with E-state index in [9.17, 15) is 19.5 Å². The van der Waals surface area contributed by atoms with E-state index in [-0.39, 0.29) is 29.6 Å². The number of aromatic nitrogens is 1. The first-order valence-electron chi connectivity index (χ1n) is 11.5. The van der Waals surface area contributed by atoms with Crippen molar-refractivity contribution in [3.8, 4) is 23.0 Å². The third-order valence-electron chi connectivity index (χ3n) is 6.01. The highest BCUT2D eigenvalue weighted by atomic mass is 16.6. The summed E-state index contributed by atoms with van der Waals surface area (Å²) in [7, 11) is 2.94. The van der Waals surface area contributed by atoms with Crippen LogP contribution >= 0.6 is 0 Å². The number of rotatable bonds is 8. The van der Waals surface area contributed by atoms with Crippen molar-refractivity contribution < 1.29 is 38.8 Å². The van der Waals surface area contributed by atoms with Crippen molar-refractivity contribution in [3.63, 3.8) is 0 Å². The van der Waals surface area contributed by atoms with E-state index in [2.05, 4.69) is 0 Å². The van der Waals surface area contributed by atoms with Crippen molar-refractivity contribution in [1.82, 2.24) is 4.57 Å². The number of hydrogen-bond donors (Lipinski definition) is 2. The minimum atomic E-state index is -1.09. The summed E-state index contributed by atoms with van der Waals surface area (Å²) < 4.78 is 17.8. The number of fused-ring (bicyclic) bond motifs is 1. The summed E-state index contributed by atoms with van der Waals surface area (Å²) in [6.07, 6.45) is 2.25. The van der Waals surface area contributed by atoms with Crippen LogP contribution in [-0.4, -0.2) is 46.8 Å². The summed E-state index contributed by atoms with van der Waals surface area (Å²) in [6.45, 7) is 1.75. The fourth-order valence-electron chi connectivity index (χ4n) is 4.15. The molecule has 0 fully saturated rings. The van der Waals surface area contributed by atoms with Crippen LogP contribution in [0.2, 0.25) is 0 Å². The number of esters is 1. The van der Waals surface area contributed by atoms with Crippen molar-refractivity contribution in [2.24, 2.45) is 0 Å². The van der Waals surface area contributed by atoms with Gasteiger partial charge in [0.25, 0.3) is 5.91 Å². The molecule has 0 saturated heterocycles. The standard InChI is InChI=1S/C29H25NO8/c1-17-22(16-28(34)38-25-12-4-18(5-13-27(32)33)14-26(25)37-3)23-15-21(36-2)10-11-24(23)30(17)29(35)19-6-8-20(31)9-7-19/h4-15,31H,16H2,1-3H3,(H,32,33)/b13-5+. The highest BCUT2D eigenvalue weighted by Crippen LogP contribution is 2.33. The molecule has 38 heavy (non-hydrogen) atoms. The lowest BCUT2D eigenvalue weighted by Gasteiger charge is -2.11. The maximum atomic E-state index is 13.4. The van der Waals surface area contributed by atoms with Crippen LogP contribution in [0.4, 0.5) is 0 Å². The Morgan fingerprint density at radius 3 is 2.32 bits per heavy atom. The van der Waals surface area contributed by atoms with Gasteiger partial charge in [-0.2, -0.15) is 0 Å². The molecule has 9 nitrogen and oxygen atoms in total. The van der Waals surface area contributed by atoms with Crippen molar-refractivity contribution in [2.75, 3.05) is 14.2 Å². The molecular formula is C29H25NO8. The smallest absolute Gasteiger partial charge is 0.328 e. The summed E-state index contributed by atoms with van der Waals surface area (Å²) in [5.74, 6) is -0.950. The lowest BCUT2D eigenvalue weighted by molar-refractivity contribution is -0.134. The molecule has 9 heteroatoms. The number of phenols is 1. The number of benzene rings is 3. The topological polar surface area (TPSA) is 124 Å². The quantitative estimate of drug-likeness (QED) is 0.198. The number of carboxylic acids is 1. The molecule has 0 aliphatic rings. The van der Waals surface area contributed by atoms with Crippen molar-refractivity contribution in [1.29, 1.82) is 0 Å². The number of methoxy groups -OCH3 is 2. The molecular weight excluding hydrogens is 490 g/mol. The van der Waals surface area contributed by atoms with Crippen LogP contribution in [0.3, 0.4) is 0 Å². The molecule has 2 N–H and O–H groups in total. The van der Waals surface area contributed by atoms with E-state index < -0.39 is 11.9 Å². The number of carbonyl (C=O) groups is 3. The van der Waals surface area contributed by atoms with Crippen LogP contribution < -0.4 is 14.2 Å². The van der Waals surface area contributed by atoms with Gasteiger partial charge in [0.1, 0.15) is 11.5 Å². The molecule has 0 saturated carbocycles. The number of phenolic OH excluding ortho intramolecular Hbond substituents is 1. The van der Waals surface area contributed by atoms with Gasteiger partial charge < -0.3 is 24.4 Å². The largest absolute Gasteiger partial charge is 0.508 e. The number of aliphatic carboxylic acids is 1. The normalized spacial score (nSPS) is 11.0. The highest BCUT2D eigenvalue weighted by Gasteiger charge is 2.23. The molecule has 0 atom stereocenters. The lowest BCUT2D eigenvalue weighted by Crippen LogP contribution is -2.15. The Kier molecular flexibility index (Phi) is 7.48. The van der Waals surface area contributed by atoms with Crippen LogP contribution in [0.5, 0.6) is 23.0 Å². The number of carboxylic acid groups (broad SMARTS) is 1. The van der Waals surface area contributed by atoms with E-state index in [1.54, 1.807) is 37.3 Å². The van der Waals surface area contributed by atoms with Gasteiger partial charge in [-0.25, -0.2) is 4.79 Å². The fourth-order valence-corrected chi connectivity index (χ4v) is 4.15. The molecule has 0 bridgehead atoms. The van der Waals surface area contributed by atoms with Crippen LogP contribution in [0.25, 0.3) is 17.0 Å². The molecule has 4 rings (SSSR count). The number of ether oxygens (including phenoxy) is 3. The molecule has 3 aromatic carbocycles. The second kappa shape index (κ2) is 10.9. The predicted molar refractivity (Wildman–Crippen MR) is 140 cm³/mol. The summed E-state index contributed by atoms with van der Waals surface area (Å²) in [5, 5.41) is 19.1. The van der Waals surface area contributed by atoms with E-state index in [4.69, 9.17) is 19.3 Å². The lowest BCUT2D eigenvalue weighted by atomic mass is 10.1. The SMILES string of the molecule is COc1ccc2c(c1)c(CC(=O)Oc1ccc(/C=C/C(=O)O)cc1OC)c(C)n2C(=O)c1ccc(O)cc1. The molecule has 1 aromatic heterocycles. The second-order valence-electron chi connectivity index (χ2n) is 8.37. The third-order valence-corrected chi connectivity index (χ3v) is 6.01. The summed E-state index contributed by atoms with van der Waals surface area (Å²) in [5.41, 5.74) is 2.68. The maximum Gasteiger partial charge on any atom is 0.328 e. The fraction of sp³-hybridized carbons (Fsp3) is 0.138. The average Bonchev–Trinajstić information content (AvgIpc) is 3.18. The van der Waals surface area contributed by atoms with Gasteiger partial charge in [0, 0.05) is 22.7 Å². The van der Waals surface area contributed by atoms with E-state index in [1.165, 1.54) is 55.2 Å². The Morgan fingerprint density at radius 1 is 0.921 bits per heavy atom. The monoisotopic (exact) mass is 515 g/mol. The van der Waals surface area contributed by atoms with Gasteiger partial charge >= 0.3 is 11.9 Å². The van der Waals surface area contributed by atoms with Gasteiger partial charge in [-0.05, 0) is 78.7 Å². The first-order chi connectivity index (χ1) is 18.2. The van der Waals surface area contributed by atoms with Crippen molar-refractivity contribution >= 4 is 34.8 Å². The van der Waals surface area contributed by atoms with Gasteiger partial charge in [0.05, 0.1) is 26.2 Å². The van der Waals surface area contributed by atoms with Gasteiger partial charge in [0.2, 0.25) is 0 Å². The summed E-state index contributed by atoms with van der Waals surface area (Å²) in [4.78, 5) is 37.3. The Balaban J connectivity index is 1.68. The zero-order chi connectivity index (χ0) is 27.4. The number of carbonyl (C=O) groups excluding carboxylic acids is 2. The highest BCUT2D eigenvalue weighted by molar-refractivity contribution is 6.05. The molecule has 0 radical (unpaired) electrons.